The highest BCUT2D eigenvalue weighted by Crippen LogP contribution is 2.24. The molecule has 0 aliphatic heterocycles. The first-order chi connectivity index (χ1) is 4.52. The lowest BCUT2D eigenvalue weighted by Gasteiger charge is -2.04. The molecule has 0 amide bonds. The van der Waals surface area contributed by atoms with E-state index < -0.39 is 11.2 Å². The van der Waals surface area contributed by atoms with E-state index in [1.807, 2.05) is 0 Å². The minimum absolute atomic E-state index is 0.235. The van der Waals surface area contributed by atoms with E-state index in [1.165, 1.54) is 0 Å². The molecule has 10 heavy (non-hydrogen) atoms. The number of thioether (sulfide) groups is 1. The van der Waals surface area contributed by atoms with E-state index >= 15 is 0 Å². The van der Waals surface area contributed by atoms with Crippen molar-refractivity contribution in [1.29, 1.82) is 0 Å². The second-order valence-electron chi connectivity index (χ2n) is 1.34. The monoisotopic (exact) mass is 173 g/mol. The number of nitrogens with zero attached hydrogens (tertiary/aromatic N) is 1. The topological polar surface area (TPSA) is 32.6 Å². The van der Waals surface area contributed by atoms with Crippen molar-refractivity contribution < 1.29 is 18.4 Å². The van der Waals surface area contributed by atoms with Gasteiger partial charge in [0.25, 0.3) is 0 Å². The molecule has 0 aromatic carbocycles. The van der Waals surface area contributed by atoms with Crippen molar-refractivity contribution in [3.05, 3.63) is 0 Å². The molecule has 0 aromatic rings. The van der Waals surface area contributed by atoms with Crippen LogP contribution in [0.25, 0.3) is 0 Å². The molecule has 0 saturated heterocycles. The van der Waals surface area contributed by atoms with E-state index in [0.29, 0.717) is 11.8 Å². The Bertz CT molecular complexity index is 133. The molecule has 0 bridgehead atoms. The summed E-state index contributed by atoms with van der Waals surface area (Å²) in [6.45, 7) is 1.54. The van der Waals surface area contributed by atoms with Gasteiger partial charge in [-0.25, -0.2) is 0 Å². The molecule has 0 spiro atoms. The van der Waals surface area contributed by atoms with Gasteiger partial charge in [-0.15, -0.1) is 0 Å². The smallest absolute Gasteiger partial charge is 0.410 e. The molecular weight excluding hydrogens is 167 g/mol. The first-order valence-corrected chi connectivity index (χ1v) is 3.43. The Morgan fingerprint density at radius 2 is 2.10 bits per heavy atom. The fraction of sp³-hybridized carbons (Fsp3) is 0.750. The van der Waals surface area contributed by atoms with E-state index in [-0.39, 0.29) is 5.75 Å². The molecule has 6 heteroatoms. The lowest BCUT2D eigenvalue weighted by molar-refractivity contribution is -0.0573. The standard InChI is InChI=1S/C4H6F3NOS/c1-2-10-3(8-9)4(5,6)7/h9H,2H2,1H3/b8-3+. The third kappa shape index (κ3) is 2.95. The molecule has 60 valence electrons. The molecule has 1 N–H and O–H groups in total. The summed E-state index contributed by atoms with van der Waals surface area (Å²) in [4.78, 5) is 0. The van der Waals surface area contributed by atoms with Gasteiger partial charge in [0.15, 0.2) is 0 Å². The SMILES string of the molecule is CCS/C(=N/O)C(F)(F)F. The third-order valence-electron chi connectivity index (χ3n) is 0.614. The normalized spacial score (nSPS) is 13.8. The minimum atomic E-state index is -4.52. The highest BCUT2D eigenvalue weighted by molar-refractivity contribution is 8.14. The lowest BCUT2D eigenvalue weighted by Crippen LogP contribution is -2.19. The number of rotatable bonds is 1. The summed E-state index contributed by atoms with van der Waals surface area (Å²) < 4.78 is 34.8. The molecule has 0 unspecified atom stereocenters. The van der Waals surface area contributed by atoms with E-state index in [9.17, 15) is 13.2 Å². The van der Waals surface area contributed by atoms with E-state index in [2.05, 4.69) is 5.16 Å². The van der Waals surface area contributed by atoms with Crippen LogP contribution in [0.5, 0.6) is 0 Å². The highest BCUT2D eigenvalue weighted by Gasteiger charge is 2.36. The van der Waals surface area contributed by atoms with Crippen molar-refractivity contribution in [3.63, 3.8) is 0 Å². The van der Waals surface area contributed by atoms with Crippen LogP contribution in [-0.4, -0.2) is 22.2 Å². The summed E-state index contributed by atoms with van der Waals surface area (Å²) in [6.07, 6.45) is -4.52. The van der Waals surface area contributed by atoms with Crippen LogP contribution in [0.15, 0.2) is 5.16 Å². The zero-order valence-corrected chi connectivity index (χ0v) is 5.96. The molecule has 0 aromatic heterocycles. The van der Waals surface area contributed by atoms with Crippen molar-refractivity contribution in [2.75, 3.05) is 5.75 Å². The van der Waals surface area contributed by atoms with E-state index in [0.717, 1.165) is 0 Å². The molecule has 0 atom stereocenters. The van der Waals surface area contributed by atoms with Gasteiger partial charge in [-0.3, -0.25) is 0 Å². The van der Waals surface area contributed by atoms with Crippen molar-refractivity contribution >= 4 is 16.8 Å². The average Bonchev–Trinajstić information content (AvgIpc) is 1.80. The van der Waals surface area contributed by atoms with Gasteiger partial charge < -0.3 is 5.21 Å². The summed E-state index contributed by atoms with van der Waals surface area (Å²) in [6, 6.07) is 0. The van der Waals surface area contributed by atoms with Crippen molar-refractivity contribution in [2.24, 2.45) is 5.16 Å². The van der Waals surface area contributed by atoms with Gasteiger partial charge in [-0.1, -0.05) is 23.8 Å². The van der Waals surface area contributed by atoms with Crippen LogP contribution in [0.1, 0.15) is 6.92 Å². The molecule has 0 aliphatic carbocycles. The quantitative estimate of drug-likeness (QED) is 0.285. The number of hydrogen-bond acceptors (Lipinski definition) is 3. The average molecular weight is 173 g/mol. The van der Waals surface area contributed by atoms with Gasteiger partial charge in [-0.2, -0.15) is 13.2 Å². The zero-order chi connectivity index (χ0) is 8.20. The highest BCUT2D eigenvalue weighted by atomic mass is 32.2. The first-order valence-electron chi connectivity index (χ1n) is 2.44. The van der Waals surface area contributed by atoms with Gasteiger partial charge in [0.1, 0.15) is 0 Å². The van der Waals surface area contributed by atoms with Crippen molar-refractivity contribution in [2.45, 2.75) is 13.1 Å². The molecule has 0 aliphatic rings. The van der Waals surface area contributed by atoms with Crippen LogP contribution in [0.3, 0.4) is 0 Å². The van der Waals surface area contributed by atoms with E-state index in [1.54, 1.807) is 6.92 Å². The Hall–Kier alpha value is -0.390. The maximum atomic E-state index is 11.6. The third-order valence-corrected chi connectivity index (χ3v) is 1.49. The molecular formula is C4H6F3NOS. The summed E-state index contributed by atoms with van der Waals surface area (Å²) in [5, 5.41) is 8.74. The number of hydrogen-bond donors (Lipinski definition) is 1. The van der Waals surface area contributed by atoms with Crippen LogP contribution < -0.4 is 0 Å². The maximum absolute atomic E-state index is 11.6. The molecule has 2 nitrogen and oxygen atoms in total. The number of halogens is 3. The fourth-order valence-electron chi connectivity index (χ4n) is 0.304. The Balaban J connectivity index is 4.10. The number of oxime groups is 1. The van der Waals surface area contributed by atoms with Gasteiger partial charge in [0.05, 0.1) is 0 Å². The van der Waals surface area contributed by atoms with Crippen LogP contribution in [-0.2, 0) is 0 Å². The fourth-order valence-corrected chi connectivity index (χ4v) is 0.799. The van der Waals surface area contributed by atoms with Gasteiger partial charge in [0, 0.05) is 0 Å². The van der Waals surface area contributed by atoms with Crippen LogP contribution in [0.4, 0.5) is 13.2 Å². The largest absolute Gasteiger partial charge is 0.442 e. The molecule has 0 rings (SSSR count). The molecule has 0 fully saturated rings. The Morgan fingerprint density at radius 1 is 1.60 bits per heavy atom. The lowest BCUT2D eigenvalue weighted by atomic mass is 10.7. The zero-order valence-electron chi connectivity index (χ0n) is 5.14. The van der Waals surface area contributed by atoms with E-state index in [4.69, 9.17) is 5.21 Å². The molecule has 0 saturated carbocycles. The summed E-state index contributed by atoms with van der Waals surface area (Å²) >= 11 is 0.458. The predicted molar refractivity (Wildman–Crippen MR) is 33.4 cm³/mol. The first kappa shape index (κ1) is 9.61. The second kappa shape index (κ2) is 3.70. The summed E-state index contributed by atoms with van der Waals surface area (Å²) in [5.41, 5.74) is 0. The maximum Gasteiger partial charge on any atom is 0.442 e. The van der Waals surface area contributed by atoms with Crippen LogP contribution in [0.2, 0.25) is 0 Å². The van der Waals surface area contributed by atoms with Crippen LogP contribution >= 0.6 is 11.8 Å². The Kier molecular flexibility index (Phi) is 3.55. The van der Waals surface area contributed by atoms with Crippen molar-refractivity contribution in [3.8, 4) is 0 Å². The summed E-state index contributed by atoms with van der Waals surface area (Å²) in [5.74, 6) is 0.235. The Morgan fingerprint density at radius 3 is 2.20 bits per heavy atom. The van der Waals surface area contributed by atoms with Gasteiger partial charge in [0.2, 0.25) is 5.04 Å². The van der Waals surface area contributed by atoms with Crippen molar-refractivity contribution in [1.82, 2.24) is 0 Å². The Labute approximate surface area is 60.1 Å². The van der Waals surface area contributed by atoms with Gasteiger partial charge >= 0.3 is 6.18 Å². The molecule has 0 heterocycles. The minimum Gasteiger partial charge on any atom is -0.410 e. The molecule has 0 radical (unpaired) electrons. The van der Waals surface area contributed by atoms with Crippen LogP contribution in [0, 0.1) is 0 Å². The van der Waals surface area contributed by atoms with Gasteiger partial charge in [-0.05, 0) is 5.75 Å². The predicted octanol–water partition coefficient (Wildman–Crippen LogP) is 2.09. The second-order valence-corrected chi connectivity index (χ2v) is 2.59. The summed E-state index contributed by atoms with van der Waals surface area (Å²) in [7, 11) is 0. The number of alkyl halides is 3.